The van der Waals surface area contributed by atoms with Crippen LogP contribution >= 0.6 is 36.4 Å². The summed E-state index contributed by atoms with van der Waals surface area (Å²) in [7, 11) is 1.69. The molecule has 0 aromatic carbocycles. The summed E-state index contributed by atoms with van der Waals surface area (Å²) in [5, 5.41) is 2.76. The van der Waals surface area contributed by atoms with Gasteiger partial charge in [-0.3, -0.25) is 4.79 Å². The van der Waals surface area contributed by atoms with Crippen molar-refractivity contribution in [1.82, 2.24) is 15.2 Å². The molecule has 2 rings (SSSR count). The molecular formula is C13H18Cl3F3N4O. The monoisotopic (exact) mass is 408 g/mol. The summed E-state index contributed by atoms with van der Waals surface area (Å²) in [6, 6.07) is 0.877. The molecule has 0 unspecified atom stereocenters. The van der Waals surface area contributed by atoms with Crippen LogP contribution < -0.4 is 10.2 Å². The number of pyridine rings is 1. The van der Waals surface area contributed by atoms with E-state index in [4.69, 9.17) is 11.6 Å². The maximum Gasteiger partial charge on any atom is 0.417 e. The van der Waals surface area contributed by atoms with E-state index in [1.165, 1.54) is 0 Å². The fourth-order valence-corrected chi connectivity index (χ4v) is 2.53. The molecule has 1 aromatic rings. The minimum absolute atomic E-state index is 0. The molecule has 1 aliphatic rings. The quantitative estimate of drug-likeness (QED) is 0.833. The molecule has 0 saturated carbocycles. The number of aromatic nitrogens is 1. The van der Waals surface area contributed by atoms with E-state index in [-0.39, 0.29) is 42.3 Å². The molecule has 1 aliphatic heterocycles. The molecule has 2 heterocycles. The molecule has 24 heavy (non-hydrogen) atoms. The lowest BCUT2D eigenvalue weighted by Crippen LogP contribution is -2.50. The minimum atomic E-state index is -4.46. The summed E-state index contributed by atoms with van der Waals surface area (Å²) in [5.41, 5.74) is -0.871. The highest BCUT2D eigenvalue weighted by Crippen LogP contribution is 2.33. The second-order valence-corrected chi connectivity index (χ2v) is 5.33. The topological polar surface area (TPSA) is 48.5 Å². The third-order valence-electron chi connectivity index (χ3n) is 3.41. The van der Waals surface area contributed by atoms with E-state index in [1.54, 1.807) is 16.8 Å². The normalized spacial score (nSPS) is 14.7. The Bertz CT molecular complexity index is 552. The van der Waals surface area contributed by atoms with Crippen molar-refractivity contribution in [2.45, 2.75) is 6.18 Å². The molecule has 1 saturated heterocycles. The molecule has 0 spiro atoms. The molecule has 5 nitrogen and oxygen atoms in total. The lowest BCUT2D eigenvalue weighted by atomic mass is 10.2. The molecule has 0 atom stereocenters. The highest BCUT2D eigenvalue weighted by molar-refractivity contribution is 6.33. The number of anilines is 1. The maximum absolute atomic E-state index is 12.6. The van der Waals surface area contributed by atoms with Gasteiger partial charge in [-0.05, 0) is 13.1 Å². The summed E-state index contributed by atoms with van der Waals surface area (Å²) in [6.07, 6.45) is -3.69. The van der Waals surface area contributed by atoms with Crippen LogP contribution in [-0.4, -0.2) is 55.6 Å². The maximum atomic E-state index is 12.6. The average molecular weight is 410 g/mol. The molecule has 1 aromatic heterocycles. The van der Waals surface area contributed by atoms with Crippen LogP contribution in [0.25, 0.3) is 0 Å². The number of halogens is 6. The predicted molar refractivity (Wildman–Crippen MR) is 91.5 cm³/mol. The van der Waals surface area contributed by atoms with Crippen molar-refractivity contribution in [1.29, 1.82) is 0 Å². The van der Waals surface area contributed by atoms with Crippen molar-refractivity contribution < 1.29 is 18.0 Å². The highest BCUT2D eigenvalue weighted by atomic mass is 35.5. The number of hydrogen-bond acceptors (Lipinski definition) is 4. The van der Waals surface area contributed by atoms with E-state index in [1.807, 2.05) is 0 Å². The van der Waals surface area contributed by atoms with Crippen LogP contribution in [0.2, 0.25) is 5.02 Å². The number of hydrogen-bond donors (Lipinski definition) is 1. The summed E-state index contributed by atoms with van der Waals surface area (Å²) in [4.78, 5) is 19.1. The fraction of sp³-hybridized carbons (Fsp3) is 0.538. The number of carbonyl (C=O) groups is 1. The summed E-state index contributed by atoms with van der Waals surface area (Å²) < 4.78 is 37.8. The van der Waals surface area contributed by atoms with E-state index in [9.17, 15) is 18.0 Å². The van der Waals surface area contributed by atoms with E-state index in [0.29, 0.717) is 32.0 Å². The van der Waals surface area contributed by atoms with Gasteiger partial charge >= 0.3 is 6.18 Å². The first-order valence-electron chi connectivity index (χ1n) is 6.73. The molecule has 0 radical (unpaired) electrons. The Morgan fingerprint density at radius 3 is 2.33 bits per heavy atom. The second-order valence-electron chi connectivity index (χ2n) is 4.93. The Kier molecular flexibility index (Phi) is 9.12. The Morgan fingerprint density at radius 2 is 1.88 bits per heavy atom. The lowest BCUT2D eigenvalue weighted by Gasteiger charge is -2.35. The van der Waals surface area contributed by atoms with Gasteiger partial charge in [-0.1, -0.05) is 11.6 Å². The minimum Gasteiger partial charge on any atom is -0.352 e. The lowest BCUT2D eigenvalue weighted by molar-refractivity contribution is -0.137. The molecule has 1 N–H and O–H groups in total. The zero-order valence-corrected chi connectivity index (χ0v) is 15.2. The van der Waals surface area contributed by atoms with Crippen molar-refractivity contribution in [2.24, 2.45) is 0 Å². The summed E-state index contributed by atoms with van der Waals surface area (Å²) >= 11 is 5.92. The van der Waals surface area contributed by atoms with Crippen molar-refractivity contribution >= 4 is 48.1 Å². The molecule has 0 aliphatic carbocycles. The number of piperazine rings is 1. The van der Waals surface area contributed by atoms with Gasteiger partial charge in [0.05, 0.1) is 17.1 Å². The van der Waals surface area contributed by atoms with Crippen LogP contribution in [0, 0.1) is 0 Å². The first-order valence-corrected chi connectivity index (χ1v) is 7.11. The first-order chi connectivity index (χ1) is 10.3. The van der Waals surface area contributed by atoms with Gasteiger partial charge in [0.15, 0.2) is 0 Å². The van der Waals surface area contributed by atoms with Crippen molar-refractivity contribution in [3.8, 4) is 0 Å². The largest absolute Gasteiger partial charge is 0.417 e. The summed E-state index contributed by atoms with van der Waals surface area (Å²) in [5.74, 6) is 0.309. The van der Waals surface area contributed by atoms with Gasteiger partial charge in [-0.2, -0.15) is 13.2 Å². The van der Waals surface area contributed by atoms with E-state index < -0.39 is 11.7 Å². The van der Waals surface area contributed by atoms with Crippen LogP contribution in [0.15, 0.2) is 12.3 Å². The number of nitrogens with zero attached hydrogens (tertiary/aromatic N) is 3. The standard InChI is InChI=1S/C13H16ClF3N4O.2ClH/c1-18-8-11(22)20-2-4-21(5-3-20)12-10(14)6-9(7-19-12)13(15,16)17;;/h6-7,18H,2-5,8H2,1H3;2*1H. The molecule has 11 heteroatoms. The van der Waals surface area contributed by atoms with Gasteiger partial charge in [0.2, 0.25) is 5.91 Å². The van der Waals surface area contributed by atoms with Crippen molar-refractivity contribution in [2.75, 3.05) is 44.7 Å². The number of nitrogens with one attached hydrogen (secondary N) is 1. The van der Waals surface area contributed by atoms with Gasteiger partial charge < -0.3 is 15.1 Å². The Labute approximate surface area is 155 Å². The number of alkyl halides is 3. The molecule has 1 fully saturated rings. The van der Waals surface area contributed by atoms with E-state index in [2.05, 4.69) is 10.3 Å². The van der Waals surface area contributed by atoms with Crippen LogP contribution in [0.3, 0.4) is 0 Å². The Morgan fingerprint density at radius 1 is 1.29 bits per heavy atom. The van der Waals surface area contributed by atoms with Crippen LogP contribution in [-0.2, 0) is 11.0 Å². The van der Waals surface area contributed by atoms with Gasteiger partial charge in [0.1, 0.15) is 5.82 Å². The van der Waals surface area contributed by atoms with Crippen molar-refractivity contribution in [3.05, 3.63) is 22.8 Å². The zero-order valence-electron chi connectivity index (χ0n) is 12.8. The molecular weight excluding hydrogens is 392 g/mol. The van der Waals surface area contributed by atoms with Gasteiger partial charge in [-0.25, -0.2) is 4.98 Å². The van der Waals surface area contributed by atoms with E-state index in [0.717, 1.165) is 12.3 Å². The van der Waals surface area contributed by atoms with Gasteiger partial charge in [-0.15, -0.1) is 24.8 Å². The van der Waals surface area contributed by atoms with Crippen LogP contribution in [0.5, 0.6) is 0 Å². The molecule has 1 amide bonds. The average Bonchev–Trinajstić information content (AvgIpc) is 2.46. The number of likely N-dealkylation sites (N-methyl/N-ethyl adjacent to an activating group) is 1. The third-order valence-corrected chi connectivity index (χ3v) is 3.69. The first kappa shape index (κ1) is 23.0. The smallest absolute Gasteiger partial charge is 0.352 e. The third kappa shape index (κ3) is 5.54. The number of rotatable bonds is 3. The van der Waals surface area contributed by atoms with Crippen LogP contribution in [0.1, 0.15) is 5.56 Å². The molecule has 0 bridgehead atoms. The second kappa shape index (κ2) is 9.50. The Balaban J connectivity index is 0.00000264. The SMILES string of the molecule is CNCC(=O)N1CCN(c2ncc(C(F)(F)F)cc2Cl)CC1.Cl.Cl. The number of carbonyl (C=O) groups excluding carboxylic acids is 1. The van der Waals surface area contributed by atoms with Crippen molar-refractivity contribution in [3.63, 3.8) is 0 Å². The van der Waals surface area contributed by atoms with Gasteiger partial charge in [0, 0.05) is 32.4 Å². The molecule has 138 valence electrons. The van der Waals surface area contributed by atoms with Crippen LogP contribution in [0.4, 0.5) is 19.0 Å². The number of amides is 1. The van der Waals surface area contributed by atoms with Gasteiger partial charge in [0.25, 0.3) is 0 Å². The highest BCUT2D eigenvalue weighted by Gasteiger charge is 2.32. The Hall–Kier alpha value is -0.960. The predicted octanol–water partition coefficient (Wildman–Crippen LogP) is 2.47. The van der Waals surface area contributed by atoms with E-state index >= 15 is 0 Å². The summed E-state index contributed by atoms with van der Waals surface area (Å²) in [6.45, 7) is 2.19. The zero-order chi connectivity index (χ0) is 16.3. The fourth-order valence-electron chi connectivity index (χ4n) is 2.25.